The Bertz CT molecular complexity index is 1090. The molecule has 0 fully saturated rings. The van der Waals surface area contributed by atoms with Crippen LogP contribution in [0.4, 0.5) is 10.5 Å². The summed E-state index contributed by atoms with van der Waals surface area (Å²) < 4.78 is 5.20. The lowest BCUT2D eigenvalue weighted by Crippen LogP contribution is -2.30. The van der Waals surface area contributed by atoms with Gasteiger partial charge in [0.15, 0.2) is 5.16 Å². The number of hydrogen-bond donors (Lipinski definition) is 3. The first-order valence-electron chi connectivity index (χ1n) is 10.7. The van der Waals surface area contributed by atoms with Crippen molar-refractivity contribution < 1.29 is 19.4 Å². The molecule has 3 N–H and O–H groups in total. The van der Waals surface area contributed by atoms with Gasteiger partial charge in [0.05, 0.1) is 29.3 Å². The highest BCUT2D eigenvalue weighted by Gasteiger charge is 2.15. The molecule has 0 saturated heterocycles. The van der Waals surface area contributed by atoms with Crippen molar-refractivity contribution in [3.63, 3.8) is 0 Å². The number of nitrogens with zero attached hydrogens (tertiary/aromatic N) is 3. The molecule has 3 rings (SSSR count). The van der Waals surface area contributed by atoms with Crippen molar-refractivity contribution in [1.29, 1.82) is 0 Å². The first-order valence-corrected chi connectivity index (χ1v) is 11.7. The SMILES string of the molecule is CC(C)(O)c1ccc(NC(=O)NCCCOC(=O)CSc2nccc(-c3ccccn3)n2)cc1. The Kier molecular flexibility index (Phi) is 8.94. The molecule has 10 heteroatoms. The van der Waals surface area contributed by atoms with E-state index in [-0.39, 0.29) is 24.4 Å². The second kappa shape index (κ2) is 12.1. The summed E-state index contributed by atoms with van der Waals surface area (Å²) in [5.41, 5.74) is 1.85. The van der Waals surface area contributed by atoms with E-state index >= 15 is 0 Å². The number of ether oxygens (including phenoxy) is 1. The van der Waals surface area contributed by atoms with Gasteiger partial charge in [0, 0.05) is 24.6 Å². The Labute approximate surface area is 202 Å². The van der Waals surface area contributed by atoms with Gasteiger partial charge in [-0.2, -0.15) is 0 Å². The molecule has 0 radical (unpaired) electrons. The zero-order valence-corrected chi connectivity index (χ0v) is 19.8. The van der Waals surface area contributed by atoms with Gasteiger partial charge in [-0.1, -0.05) is 30.0 Å². The van der Waals surface area contributed by atoms with Crippen molar-refractivity contribution in [2.45, 2.75) is 31.0 Å². The number of amides is 2. The molecule has 0 atom stereocenters. The number of carbonyl (C=O) groups is 2. The van der Waals surface area contributed by atoms with Crippen LogP contribution >= 0.6 is 11.8 Å². The molecule has 0 unspecified atom stereocenters. The zero-order valence-electron chi connectivity index (χ0n) is 19.0. The van der Waals surface area contributed by atoms with E-state index in [0.717, 1.165) is 11.3 Å². The van der Waals surface area contributed by atoms with Gasteiger partial charge in [0.1, 0.15) is 0 Å². The van der Waals surface area contributed by atoms with Crippen LogP contribution in [0.2, 0.25) is 0 Å². The van der Waals surface area contributed by atoms with Crippen LogP contribution in [-0.2, 0) is 15.1 Å². The molecule has 0 aliphatic heterocycles. The molecule has 0 aliphatic carbocycles. The maximum Gasteiger partial charge on any atom is 0.319 e. The number of hydrogen-bond acceptors (Lipinski definition) is 8. The van der Waals surface area contributed by atoms with E-state index in [9.17, 15) is 14.7 Å². The van der Waals surface area contributed by atoms with E-state index in [1.807, 2.05) is 18.2 Å². The van der Waals surface area contributed by atoms with Gasteiger partial charge in [-0.15, -0.1) is 0 Å². The molecule has 9 nitrogen and oxygen atoms in total. The number of aliphatic hydroxyl groups is 1. The second-order valence-electron chi connectivity index (χ2n) is 7.82. The van der Waals surface area contributed by atoms with Crippen LogP contribution in [0.3, 0.4) is 0 Å². The average molecular weight is 482 g/mol. The number of esters is 1. The molecule has 0 aliphatic rings. The molecule has 2 aromatic heterocycles. The van der Waals surface area contributed by atoms with Crippen molar-refractivity contribution in [2.75, 3.05) is 24.2 Å². The normalized spacial score (nSPS) is 11.0. The van der Waals surface area contributed by atoms with Crippen LogP contribution in [0, 0.1) is 0 Å². The average Bonchev–Trinajstić information content (AvgIpc) is 2.83. The highest BCUT2D eigenvalue weighted by atomic mass is 32.2. The van der Waals surface area contributed by atoms with E-state index < -0.39 is 5.60 Å². The Morgan fingerprint density at radius 1 is 1.03 bits per heavy atom. The number of rotatable bonds is 10. The summed E-state index contributed by atoms with van der Waals surface area (Å²) in [6.45, 7) is 3.93. The molecular formula is C24H27N5O4S. The number of benzene rings is 1. The van der Waals surface area contributed by atoms with Crippen LogP contribution in [0.5, 0.6) is 0 Å². The predicted molar refractivity (Wildman–Crippen MR) is 130 cm³/mol. The number of carbonyl (C=O) groups excluding carboxylic acids is 2. The summed E-state index contributed by atoms with van der Waals surface area (Å²) in [5.74, 6) is -0.298. The fraction of sp³-hybridized carbons (Fsp3) is 0.292. The van der Waals surface area contributed by atoms with E-state index in [2.05, 4.69) is 25.6 Å². The smallest absolute Gasteiger partial charge is 0.319 e. The lowest BCUT2D eigenvalue weighted by Gasteiger charge is -2.18. The summed E-state index contributed by atoms with van der Waals surface area (Å²) in [4.78, 5) is 36.8. The standard InChI is InChI=1S/C24H27N5O4S/c1-24(2,32)17-7-9-18(10-8-17)28-22(31)26-13-5-15-33-21(30)16-34-23-27-14-11-20(29-23)19-6-3-4-12-25-19/h3-4,6-12,14,32H,5,13,15-16H2,1-2H3,(H2,26,28,31). The van der Waals surface area contributed by atoms with Crippen LogP contribution in [0.25, 0.3) is 11.4 Å². The third-order valence-corrected chi connectivity index (χ3v) is 5.43. The Hall–Kier alpha value is -3.50. The van der Waals surface area contributed by atoms with Crippen LogP contribution in [0.15, 0.2) is 66.1 Å². The van der Waals surface area contributed by atoms with Crippen molar-refractivity contribution in [1.82, 2.24) is 20.3 Å². The summed E-state index contributed by atoms with van der Waals surface area (Å²) in [5, 5.41) is 15.9. The number of pyridine rings is 1. The van der Waals surface area contributed by atoms with Crippen molar-refractivity contribution in [3.05, 3.63) is 66.5 Å². The van der Waals surface area contributed by atoms with Gasteiger partial charge in [-0.05, 0) is 56.2 Å². The largest absolute Gasteiger partial charge is 0.465 e. The Balaban J connectivity index is 1.31. The van der Waals surface area contributed by atoms with Gasteiger partial charge in [0.25, 0.3) is 0 Å². The summed E-state index contributed by atoms with van der Waals surface area (Å²) >= 11 is 1.19. The number of anilines is 1. The molecule has 0 saturated carbocycles. The van der Waals surface area contributed by atoms with Crippen molar-refractivity contribution in [3.8, 4) is 11.4 Å². The monoisotopic (exact) mass is 481 g/mol. The molecule has 1 aromatic carbocycles. The van der Waals surface area contributed by atoms with E-state index in [4.69, 9.17) is 4.74 Å². The summed E-state index contributed by atoms with van der Waals surface area (Å²) in [6, 6.07) is 13.9. The van der Waals surface area contributed by atoms with Crippen LogP contribution < -0.4 is 10.6 Å². The molecule has 2 amide bonds. The number of urea groups is 1. The van der Waals surface area contributed by atoms with Gasteiger partial charge < -0.3 is 20.5 Å². The molecular weight excluding hydrogens is 454 g/mol. The maximum absolute atomic E-state index is 12.0. The van der Waals surface area contributed by atoms with Crippen LogP contribution in [-0.4, -0.2) is 51.0 Å². The topological polar surface area (TPSA) is 126 Å². The van der Waals surface area contributed by atoms with E-state index in [1.165, 1.54) is 11.8 Å². The summed E-state index contributed by atoms with van der Waals surface area (Å²) in [7, 11) is 0. The van der Waals surface area contributed by atoms with Crippen molar-refractivity contribution in [2.24, 2.45) is 0 Å². The lowest BCUT2D eigenvalue weighted by atomic mass is 9.98. The molecule has 178 valence electrons. The van der Waals surface area contributed by atoms with Gasteiger partial charge in [-0.3, -0.25) is 9.78 Å². The number of nitrogens with one attached hydrogen (secondary N) is 2. The molecule has 0 spiro atoms. The minimum atomic E-state index is -0.937. The highest BCUT2D eigenvalue weighted by molar-refractivity contribution is 7.99. The van der Waals surface area contributed by atoms with Gasteiger partial charge >= 0.3 is 12.0 Å². The third-order valence-electron chi connectivity index (χ3n) is 4.60. The first kappa shape index (κ1) is 25.1. The quantitative estimate of drug-likeness (QED) is 0.173. The highest BCUT2D eigenvalue weighted by Crippen LogP contribution is 2.21. The number of aromatic nitrogens is 3. The third kappa shape index (κ3) is 8.13. The predicted octanol–water partition coefficient (Wildman–Crippen LogP) is 3.61. The minimum absolute atomic E-state index is 0.0836. The minimum Gasteiger partial charge on any atom is -0.465 e. The Morgan fingerprint density at radius 2 is 1.82 bits per heavy atom. The van der Waals surface area contributed by atoms with E-state index in [1.54, 1.807) is 56.6 Å². The Morgan fingerprint density at radius 3 is 2.53 bits per heavy atom. The second-order valence-corrected chi connectivity index (χ2v) is 8.76. The molecule has 2 heterocycles. The van der Waals surface area contributed by atoms with Crippen LogP contribution in [0.1, 0.15) is 25.8 Å². The van der Waals surface area contributed by atoms with Gasteiger partial charge in [-0.25, -0.2) is 14.8 Å². The van der Waals surface area contributed by atoms with Crippen molar-refractivity contribution >= 4 is 29.4 Å². The fourth-order valence-corrected chi connectivity index (χ4v) is 3.46. The maximum atomic E-state index is 12.0. The lowest BCUT2D eigenvalue weighted by molar-refractivity contribution is -0.140. The zero-order chi connectivity index (χ0) is 24.4. The van der Waals surface area contributed by atoms with E-state index in [0.29, 0.717) is 29.5 Å². The summed E-state index contributed by atoms with van der Waals surface area (Å²) in [6.07, 6.45) is 3.80. The first-order chi connectivity index (χ1) is 16.3. The molecule has 34 heavy (non-hydrogen) atoms. The fourth-order valence-electron chi connectivity index (χ4n) is 2.83. The molecule has 3 aromatic rings. The molecule has 0 bridgehead atoms. The van der Waals surface area contributed by atoms with Gasteiger partial charge in [0.2, 0.25) is 0 Å². The number of thioether (sulfide) groups is 1.